The first kappa shape index (κ1) is 12.7. The molecule has 1 aromatic carbocycles. The van der Waals surface area contributed by atoms with Gasteiger partial charge in [-0.15, -0.1) is 0 Å². The van der Waals surface area contributed by atoms with E-state index in [0.29, 0.717) is 18.8 Å². The van der Waals surface area contributed by atoms with Crippen molar-refractivity contribution in [3.63, 3.8) is 0 Å². The summed E-state index contributed by atoms with van der Waals surface area (Å²) in [5, 5.41) is 3.17. The van der Waals surface area contributed by atoms with Crippen LogP contribution in [0.4, 0.5) is 11.5 Å². The van der Waals surface area contributed by atoms with Gasteiger partial charge in [-0.1, -0.05) is 18.2 Å². The highest BCUT2D eigenvalue weighted by Gasteiger charge is 2.00. The molecule has 0 fully saturated rings. The molecule has 2 aromatic rings. The summed E-state index contributed by atoms with van der Waals surface area (Å²) in [6.07, 6.45) is 1.62. The van der Waals surface area contributed by atoms with Gasteiger partial charge in [0, 0.05) is 0 Å². The molecule has 0 bridgehead atoms. The molecule has 5 heteroatoms. The molecule has 4 nitrogen and oxygen atoms in total. The highest BCUT2D eigenvalue weighted by molar-refractivity contribution is 9.10. The van der Waals surface area contributed by atoms with Crippen molar-refractivity contribution in [2.75, 3.05) is 24.2 Å². The van der Waals surface area contributed by atoms with Crippen molar-refractivity contribution in [2.45, 2.75) is 0 Å². The molecule has 0 aliphatic rings. The van der Waals surface area contributed by atoms with Crippen LogP contribution in [-0.2, 0) is 0 Å². The van der Waals surface area contributed by atoms with Crippen LogP contribution in [0.1, 0.15) is 0 Å². The number of anilines is 2. The smallest absolute Gasteiger partial charge is 0.140 e. The van der Waals surface area contributed by atoms with E-state index in [1.165, 1.54) is 0 Å². The lowest BCUT2D eigenvalue weighted by molar-refractivity contribution is 0.332. The van der Waals surface area contributed by atoms with Gasteiger partial charge >= 0.3 is 0 Å². The molecule has 0 unspecified atom stereocenters. The van der Waals surface area contributed by atoms with Gasteiger partial charge in [-0.3, -0.25) is 0 Å². The molecule has 2 rings (SSSR count). The lowest BCUT2D eigenvalue weighted by Gasteiger charge is -2.09. The minimum atomic E-state index is 0.572. The normalized spacial score (nSPS) is 10.1. The molecule has 94 valence electrons. The minimum absolute atomic E-state index is 0.572. The van der Waals surface area contributed by atoms with Crippen LogP contribution >= 0.6 is 15.9 Å². The number of nitrogen functional groups attached to an aromatic ring is 1. The minimum Gasteiger partial charge on any atom is -0.492 e. The van der Waals surface area contributed by atoms with Crippen molar-refractivity contribution in [1.82, 2.24) is 4.98 Å². The van der Waals surface area contributed by atoms with Crippen LogP contribution in [0.3, 0.4) is 0 Å². The van der Waals surface area contributed by atoms with Crippen LogP contribution in [0, 0.1) is 0 Å². The number of nitrogens with two attached hydrogens (primary N) is 1. The maximum absolute atomic E-state index is 5.61. The third-order valence-electron chi connectivity index (χ3n) is 2.27. The average molecular weight is 308 g/mol. The summed E-state index contributed by atoms with van der Waals surface area (Å²) in [7, 11) is 0. The maximum atomic E-state index is 5.61. The fourth-order valence-corrected chi connectivity index (χ4v) is 1.94. The van der Waals surface area contributed by atoms with Gasteiger partial charge in [0.1, 0.15) is 18.2 Å². The van der Waals surface area contributed by atoms with Crippen LogP contribution < -0.4 is 15.8 Å². The summed E-state index contributed by atoms with van der Waals surface area (Å²) in [6.45, 7) is 1.24. The van der Waals surface area contributed by atoms with Crippen molar-refractivity contribution in [3.8, 4) is 5.75 Å². The van der Waals surface area contributed by atoms with E-state index in [2.05, 4.69) is 26.2 Å². The van der Waals surface area contributed by atoms with Gasteiger partial charge in [0.05, 0.1) is 22.9 Å². The van der Waals surface area contributed by atoms with E-state index in [9.17, 15) is 0 Å². The summed E-state index contributed by atoms with van der Waals surface area (Å²) in [5.41, 5.74) is 6.25. The van der Waals surface area contributed by atoms with Crippen LogP contribution in [0.5, 0.6) is 5.75 Å². The molecular weight excluding hydrogens is 294 g/mol. The summed E-state index contributed by atoms with van der Waals surface area (Å²) >= 11 is 3.40. The second kappa shape index (κ2) is 6.26. The van der Waals surface area contributed by atoms with Gasteiger partial charge < -0.3 is 15.8 Å². The Bertz CT molecular complexity index is 505. The van der Waals surface area contributed by atoms with Gasteiger partial charge in [-0.05, 0) is 34.1 Å². The Balaban J connectivity index is 1.79. The predicted molar refractivity (Wildman–Crippen MR) is 76.8 cm³/mol. The summed E-state index contributed by atoms with van der Waals surface area (Å²) < 4.78 is 6.41. The Labute approximate surface area is 114 Å². The highest BCUT2D eigenvalue weighted by atomic mass is 79.9. The Kier molecular flexibility index (Phi) is 4.41. The molecule has 1 aromatic heterocycles. The summed E-state index contributed by atoms with van der Waals surface area (Å²) in [6, 6.07) is 11.5. The number of ether oxygens (including phenoxy) is 1. The fraction of sp³-hybridized carbons (Fsp3) is 0.154. The number of pyridine rings is 1. The van der Waals surface area contributed by atoms with Crippen molar-refractivity contribution < 1.29 is 4.74 Å². The maximum Gasteiger partial charge on any atom is 0.140 e. The SMILES string of the molecule is Nc1cnc(NCCOc2ccccc2)c(Br)c1. The van der Waals surface area contributed by atoms with E-state index in [1.807, 2.05) is 36.4 Å². The molecule has 1 heterocycles. The summed E-state index contributed by atoms with van der Waals surface area (Å²) in [4.78, 5) is 4.18. The Morgan fingerprint density at radius 1 is 1.28 bits per heavy atom. The van der Waals surface area contributed by atoms with E-state index < -0.39 is 0 Å². The Hall–Kier alpha value is -1.75. The first-order valence-electron chi connectivity index (χ1n) is 5.58. The lowest BCUT2D eigenvalue weighted by Crippen LogP contribution is -2.12. The quantitative estimate of drug-likeness (QED) is 0.834. The molecule has 0 amide bonds. The molecule has 0 saturated carbocycles. The zero-order valence-corrected chi connectivity index (χ0v) is 11.4. The molecule has 0 saturated heterocycles. The van der Waals surface area contributed by atoms with E-state index in [0.717, 1.165) is 16.0 Å². The Morgan fingerprint density at radius 3 is 2.78 bits per heavy atom. The number of hydrogen-bond acceptors (Lipinski definition) is 4. The second-order valence-electron chi connectivity index (χ2n) is 3.69. The molecule has 18 heavy (non-hydrogen) atoms. The van der Waals surface area contributed by atoms with Gasteiger partial charge in [-0.2, -0.15) is 0 Å². The largest absolute Gasteiger partial charge is 0.492 e. The first-order valence-corrected chi connectivity index (χ1v) is 6.38. The number of halogens is 1. The van der Waals surface area contributed by atoms with Crippen molar-refractivity contribution in [1.29, 1.82) is 0 Å². The van der Waals surface area contributed by atoms with E-state index in [4.69, 9.17) is 10.5 Å². The van der Waals surface area contributed by atoms with Gasteiger partial charge in [0.25, 0.3) is 0 Å². The van der Waals surface area contributed by atoms with E-state index in [-0.39, 0.29) is 0 Å². The average Bonchev–Trinajstić information content (AvgIpc) is 2.38. The number of nitrogens with zero attached hydrogens (tertiary/aromatic N) is 1. The third kappa shape index (κ3) is 3.63. The molecule has 3 N–H and O–H groups in total. The van der Waals surface area contributed by atoms with Gasteiger partial charge in [0.15, 0.2) is 0 Å². The third-order valence-corrected chi connectivity index (χ3v) is 2.87. The zero-order chi connectivity index (χ0) is 12.8. The van der Waals surface area contributed by atoms with Crippen molar-refractivity contribution in [3.05, 3.63) is 47.1 Å². The van der Waals surface area contributed by atoms with Crippen molar-refractivity contribution in [2.24, 2.45) is 0 Å². The Morgan fingerprint density at radius 2 is 2.06 bits per heavy atom. The topological polar surface area (TPSA) is 60.2 Å². The number of para-hydroxylation sites is 1. The standard InChI is InChI=1S/C13H14BrN3O/c14-12-8-10(15)9-17-13(12)16-6-7-18-11-4-2-1-3-5-11/h1-5,8-9H,6-7,15H2,(H,16,17). The number of benzene rings is 1. The number of hydrogen-bond donors (Lipinski definition) is 2. The highest BCUT2D eigenvalue weighted by Crippen LogP contribution is 2.21. The van der Waals surface area contributed by atoms with E-state index >= 15 is 0 Å². The number of nitrogens with one attached hydrogen (secondary N) is 1. The number of aromatic nitrogens is 1. The molecule has 0 aliphatic carbocycles. The molecular formula is C13H14BrN3O. The molecule has 0 spiro atoms. The van der Waals surface area contributed by atoms with Crippen LogP contribution in [0.15, 0.2) is 47.1 Å². The lowest BCUT2D eigenvalue weighted by atomic mass is 10.3. The van der Waals surface area contributed by atoms with Gasteiger partial charge in [0.2, 0.25) is 0 Å². The van der Waals surface area contributed by atoms with Crippen LogP contribution in [0.25, 0.3) is 0 Å². The van der Waals surface area contributed by atoms with Gasteiger partial charge in [-0.25, -0.2) is 4.98 Å². The first-order chi connectivity index (χ1) is 8.75. The predicted octanol–water partition coefficient (Wildman–Crippen LogP) is 2.92. The number of rotatable bonds is 5. The van der Waals surface area contributed by atoms with E-state index in [1.54, 1.807) is 6.20 Å². The zero-order valence-electron chi connectivity index (χ0n) is 9.77. The van der Waals surface area contributed by atoms with Crippen LogP contribution in [0.2, 0.25) is 0 Å². The molecule has 0 atom stereocenters. The molecule has 0 aliphatic heterocycles. The van der Waals surface area contributed by atoms with Crippen molar-refractivity contribution >= 4 is 27.4 Å². The molecule has 0 radical (unpaired) electrons. The van der Waals surface area contributed by atoms with Crippen LogP contribution in [-0.4, -0.2) is 18.1 Å². The second-order valence-corrected chi connectivity index (χ2v) is 4.54. The fourth-order valence-electron chi connectivity index (χ4n) is 1.44. The summed E-state index contributed by atoms with van der Waals surface area (Å²) in [5.74, 6) is 1.63. The monoisotopic (exact) mass is 307 g/mol.